The summed E-state index contributed by atoms with van der Waals surface area (Å²) in [7, 11) is 1.76. The molecule has 9 heteroatoms. The van der Waals surface area contributed by atoms with Crippen LogP contribution < -0.4 is 16.0 Å². The van der Waals surface area contributed by atoms with Crippen molar-refractivity contribution < 1.29 is 4.79 Å². The molecule has 1 aliphatic rings. The number of imidazole rings is 1. The number of anilines is 3. The Morgan fingerprint density at radius 3 is 2.74 bits per heavy atom. The van der Waals surface area contributed by atoms with Crippen molar-refractivity contribution in [3.63, 3.8) is 0 Å². The molecule has 0 radical (unpaired) electrons. The molecule has 0 atom stereocenters. The minimum atomic E-state index is -0.226. The van der Waals surface area contributed by atoms with E-state index in [1.54, 1.807) is 13.2 Å². The van der Waals surface area contributed by atoms with E-state index in [1.165, 1.54) is 10.9 Å². The van der Waals surface area contributed by atoms with Gasteiger partial charge in [-0.15, -0.1) is 0 Å². The zero-order valence-electron chi connectivity index (χ0n) is 17.0. The normalized spacial score (nSPS) is 13.6. The zero-order valence-corrected chi connectivity index (χ0v) is 17.0. The molecule has 0 aliphatic heterocycles. The van der Waals surface area contributed by atoms with E-state index in [9.17, 15) is 4.79 Å². The third kappa shape index (κ3) is 3.77. The summed E-state index contributed by atoms with van der Waals surface area (Å²) < 4.78 is 1.44. The molecule has 1 aliphatic carbocycles. The molecule has 9 nitrogen and oxygen atoms in total. The lowest BCUT2D eigenvalue weighted by Gasteiger charge is -2.26. The van der Waals surface area contributed by atoms with Crippen molar-refractivity contribution in [1.82, 2.24) is 29.8 Å². The number of rotatable bonds is 5. The van der Waals surface area contributed by atoms with Crippen LogP contribution in [0.25, 0.3) is 22.4 Å². The summed E-state index contributed by atoms with van der Waals surface area (Å²) in [5.41, 5.74) is 3.66. The molecule has 1 amide bonds. The third-order valence-electron chi connectivity index (χ3n) is 5.36. The van der Waals surface area contributed by atoms with Crippen LogP contribution in [0.15, 0.2) is 55.0 Å². The highest BCUT2D eigenvalue weighted by molar-refractivity contribution is 5.92. The van der Waals surface area contributed by atoms with Gasteiger partial charge >= 0.3 is 6.03 Å². The molecule has 1 fully saturated rings. The quantitative estimate of drug-likeness (QED) is 0.456. The standard InChI is InChI=1S/C22H22N8O/c1-23-19-18-20(30(13-25-18)22(31)27-15-7-5-8-15)29-21(28-19)26-16-9-4-6-14(12-16)17-10-2-3-11-24-17/h2-4,6,9-13,15H,5,7-8H2,1H3,(H,27,31)(H2,23,26,28,29). The number of benzene rings is 1. The maximum Gasteiger partial charge on any atom is 0.328 e. The van der Waals surface area contributed by atoms with Gasteiger partial charge in [0.1, 0.15) is 6.33 Å². The van der Waals surface area contributed by atoms with Crippen molar-refractivity contribution in [2.45, 2.75) is 25.3 Å². The van der Waals surface area contributed by atoms with Crippen LogP contribution in [0.1, 0.15) is 19.3 Å². The Labute approximate surface area is 179 Å². The van der Waals surface area contributed by atoms with E-state index in [4.69, 9.17) is 0 Å². The minimum Gasteiger partial charge on any atom is -0.371 e. The fraction of sp³-hybridized carbons (Fsp3) is 0.227. The zero-order chi connectivity index (χ0) is 21.2. The number of aromatic nitrogens is 5. The molecule has 0 bridgehead atoms. The van der Waals surface area contributed by atoms with Gasteiger partial charge in [-0.3, -0.25) is 4.98 Å². The van der Waals surface area contributed by atoms with E-state index in [-0.39, 0.29) is 12.1 Å². The molecule has 3 aromatic heterocycles. The Bertz CT molecular complexity index is 1230. The fourth-order valence-corrected chi connectivity index (χ4v) is 3.49. The van der Waals surface area contributed by atoms with E-state index in [1.807, 2.05) is 42.5 Å². The predicted molar refractivity (Wildman–Crippen MR) is 119 cm³/mol. The van der Waals surface area contributed by atoms with Gasteiger partial charge in [-0.05, 0) is 43.5 Å². The molecule has 4 aromatic rings. The average Bonchev–Trinajstić information content (AvgIpc) is 3.20. The second-order valence-corrected chi connectivity index (χ2v) is 7.43. The van der Waals surface area contributed by atoms with Gasteiger partial charge in [0, 0.05) is 30.5 Å². The van der Waals surface area contributed by atoms with E-state index < -0.39 is 0 Å². The Hall–Kier alpha value is -4.01. The molecule has 0 saturated heterocycles. The monoisotopic (exact) mass is 414 g/mol. The van der Waals surface area contributed by atoms with Crippen molar-refractivity contribution in [2.75, 3.05) is 17.7 Å². The maximum atomic E-state index is 12.7. The molecule has 3 N–H and O–H groups in total. The highest BCUT2D eigenvalue weighted by Crippen LogP contribution is 2.25. The molecule has 31 heavy (non-hydrogen) atoms. The van der Waals surface area contributed by atoms with Gasteiger partial charge in [0.2, 0.25) is 5.95 Å². The largest absolute Gasteiger partial charge is 0.371 e. The highest BCUT2D eigenvalue weighted by atomic mass is 16.2. The average molecular weight is 414 g/mol. The summed E-state index contributed by atoms with van der Waals surface area (Å²) in [5.74, 6) is 0.914. The molecule has 0 unspecified atom stereocenters. The van der Waals surface area contributed by atoms with Gasteiger partial charge < -0.3 is 16.0 Å². The number of carbonyl (C=O) groups is 1. The smallest absolute Gasteiger partial charge is 0.328 e. The van der Waals surface area contributed by atoms with Crippen LogP contribution in [0.2, 0.25) is 0 Å². The first-order chi connectivity index (χ1) is 15.2. The first kappa shape index (κ1) is 19.0. The van der Waals surface area contributed by atoms with E-state index in [0.29, 0.717) is 22.9 Å². The van der Waals surface area contributed by atoms with Crippen molar-refractivity contribution in [3.05, 3.63) is 55.0 Å². The lowest BCUT2D eigenvalue weighted by atomic mass is 9.93. The van der Waals surface area contributed by atoms with E-state index in [0.717, 1.165) is 36.2 Å². The molecule has 5 rings (SSSR count). The molecular formula is C22H22N8O. The number of fused-ring (bicyclic) bond motifs is 1. The second-order valence-electron chi connectivity index (χ2n) is 7.43. The van der Waals surface area contributed by atoms with Gasteiger partial charge in [-0.1, -0.05) is 18.2 Å². The number of hydrogen-bond donors (Lipinski definition) is 3. The Kier molecular flexibility index (Phi) is 4.91. The molecule has 156 valence electrons. The Morgan fingerprint density at radius 1 is 1.10 bits per heavy atom. The van der Waals surface area contributed by atoms with Crippen LogP contribution in [-0.2, 0) is 0 Å². The Balaban J connectivity index is 1.47. The third-order valence-corrected chi connectivity index (χ3v) is 5.36. The number of pyridine rings is 1. The van der Waals surface area contributed by atoms with Crippen molar-refractivity contribution in [1.29, 1.82) is 0 Å². The van der Waals surface area contributed by atoms with Gasteiger partial charge in [-0.2, -0.15) is 9.97 Å². The Morgan fingerprint density at radius 2 is 2.00 bits per heavy atom. The first-order valence-electron chi connectivity index (χ1n) is 10.2. The fourth-order valence-electron chi connectivity index (χ4n) is 3.49. The lowest BCUT2D eigenvalue weighted by molar-refractivity contribution is 0.230. The van der Waals surface area contributed by atoms with Crippen LogP contribution in [0.5, 0.6) is 0 Å². The molecule has 3 heterocycles. The summed E-state index contributed by atoms with van der Waals surface area (Å²) >= 11 is 0. The first-order valence-corrected chi connectivity index (χ1v) is 10.2. The minimum absolute atomic E-state index is 0.225. The topological polar surface area (TPSA) is 110 Å². The van der Waals surface area contributed by atoms with Crippen LogP contribution in [0.4, 0.5) is 22.2 Å². The molecule has 1 saturated carbocycles. The lowest BCUT2D eigenvalue weighted by Crippen LogP contribution is -2.41. The van der Waals surface area contributed by atoms with Gasteiger partial charge in [0.25, 0.3) is 0 Å². The summed E-state index contributed by atoms with van der Waals surface area (Å²) in [5, 5.41) is 9.30. The number of amides is 1. The summed E-state index contributed by atoms with van der Waals surface area (Å²) in [6, 6.07) is 13.6. The van der Waals surface area contributed by atoms with Crippen LogP contribution in [0, 0.1) is 0 Å². The number of nitrogens with one attached hydrogen (secondary N) is 3. The second kappa shape index (κ2) is 8.02. The highest BCUT2D eigenvalue weighted by Gasteiger charge is 2.22. The number of nitrogens with zero attached hydrogens (tertiary/aromatic N) is 5. The van der Waals surface area contributed by atoms with E-state index >= 15 is 0 Å². The van der Waals surface area contributed by atoms with Gasteiger partial charge in [-0.25, -0.2) is 14.3 Å². The molecular weight excluding hydrogens is 392 g/mol. The van der Waals surface area contributed by atoms with Crippen LogP contribution >= 0.6 is 0 Å². The molecule has 0 spiro atoms. The van der Waals surface area contributed by atoms with Crippen molar-refractivity contribution in [2.24, 2.45) is 0 Å². The maximum absolute atomic E-state index is 12.7. The summed E-state index contributed by atoms with van der Waals surface area (Å²) in [6.07, 6.45) is 6.41. The van der Waals surface area contributed by atoms with Crippen molar-refractivity contribution in [3.8, 4) is 11.3 Å². The van der Waals surface area contributed by atoms with Gasteiger partial charge in [0.05, 0.1) is 5.69 Å². The SMILES string of the molecule is CNc1nc(Nc2cccc(-c3ccccn3)c2)nc2c1ncn2C(=O)NC1CCC1. The van der Waals surface area contributed by atoms with E-state index in [2.05, 4.69) is 35.9 Å². The van der Waals surface area contributed by atoms with Gasteiger partial charge in [0.15, 0.2) is 17.0 Å². The number of carbonyl (C=O) groups excluding carboxylic acids is 1. The van der Waals surface area contributed by atoms with Crippen molar-refractivity contribution >= 4 is 34.6 Å². The summed E-state index contributed by atoms with van der Waals surface area (Å²) in [4.78, 5) is 30.5. The predicted octanol–water partition coefficient (Wildman–Crippen LogP) is 3.78. The molecule has 1 aromatic carbocycles. The van der Waals surface area contributed by atoms with Crippen LogP contribution in [0.3, 0.4) is 0 Å². The summed E-state index contributed by atoms with van der Waals surface area (Å²) in [6.45, 7) is 0. The number of hydrogen-bond acceptors (Lipinski definition) is 7. The van der Waals surface area contributed by atoms with Crippen LogP contribution in [-0.4, -0.2) is 43.6 Å².